The zero-order chi connectivity index (χ0) is 28.6. The van der Waals surface area contributed by atoms with Gasteiger partial charge in [-0.15, -0.1) is 0 Å². The molecule has 1 aromatic heterocycles. The van der Waals surface area contributed by atoms with Crippen molar-refractivity contribution in [1.82, 2.24) is 20.2 Å². The Hall–Kier alpha value is -3.46. The lowest BCUT2D eigenvalue weighted by Crippen LogP contribution is -2.51. The largest absolute Gasteiger partial charge is 0.508 e. The van der Waals surface area contributed by atoms with Crippen molar-refractivity contribution in [2.75, 3.05) is 31.6 Å². The molecule has 7 nitrogen and oxygen atoms in total. The third-order valence-corrected chi connectivity index (χ3v) is 10.00. The fraction of sp³-hybridized carbons (Fsp3) is 0.394. The number of phenolic OH excluding ortho intramolecular Hbond substituents is 1. The molecule has 4 aromatic rings. The number of nitrogens with zero attached hydrogens (tertiary/aromatic N) is 4. The van der Waals surface area contributed by atoms with Gasteiger partial charge in [0.1, 0.15) is 17.1 Å². The predicted molar refractivity (Wildman–Crippen MR) is 164 cm³/mol. The Morgan fingerprint density at radius 1 is 1.10 bits per heavy atom. The van der Waals surface area contributed by atoms with Gasteiger partial charge in [0.2, 0.25) is 0 Å². The first-order valence-corrected chi connectivity index (χ1v) is 15.2. The van der Waals surface area contributed by atoms with Crippen molar-refractivity contribution in [3.05, 3.63) is 65.6 Å². The molecular formula is C33H33ClFN5O2. The summed E-state index contributed by atoms with van der Waals surface area (Å²) in [7, 11) is 2.15. The van der Waals surface area contributed by atoms with E-state index in [0.717, 1.165) is 49.7 Å². The molecule has 1 spiro atoms. The average Bonchev–Trinajstić information content (AvgIpc) is 3.53. The summed E-state index contributed by atoms with van der Waals surface area (Å²) in [5.74, 6) is 0.109. The summed E-state index contributed by atoms with van der Waals surface area (Å²) in [6, 6.07) is 13.7. The van der Waals surface area contributed by atoms with Crippen LogP contribution in [0.4, 0.5) is 10.2 Å². The first kappa shape index (κ1) is 26.2. The van der Waals surface area contributed by atoms with Crippen LogP contribution in [-0.4, -0.2) is 64.8 Å². The van der Waals surface area contributed by atoms with Gasteiger partial charge in [-0.1, -0.05) is 35.9 Å². The summed E-state index contributed by atoms with van der Waals surface area (Å²) in [6.07, 6.45) is 9.66. The van der Waals surface area contributed by atoms with Crippen molar-refractivity contribution in [2.45, 2.75) is 50.2 Å². The van der Waals surface area contributed by atoms with Crippen LogP contribution in [0.5, 0.6) is 11.8 Å². The highest BCUT2D eigenvalue weighted by Crippen LogP contribution is 2.54. The third-order valence-electron chi connectivity index (χ3n) is 9.70. The van der Waals surface area contributed by atoms with E-state index in [1.807, 2.05) is 24.3 Å². The molecule has 4 aliphatic rings. The van der Waals surface area contributed by atoms with Crippen molar-refractivity contribution in [2.24, 2.45) is 5.41 Å². The second-order valence-corrected chi connectivity index (χ2v) is 13.1. The number of piperazine rings is 1. The minimum atomic E-state index is -0.560. The number of hydrogen-bond donors (Lipinski definition) is 2. The lowest BCUT2D eigenvalue weighted by atomic mass is 9.96. The molecule has 9 heteroatoms. The Labute approximate surface area is 248 Å². The topological polar surface area (TPSA) is 73.8 Å². The van der Waals surface area contributed by atoms with Crippen molar-refractivity contribution in [1.29, 1.82) is 0 Å². The summed E-state index contributed by atoms with van der Waals surface area (Å²) in [6.45, 7) is 2.65. The molecule has 4 fully saturated rings. The van der Waals surface area contributed by atoms with Crippen molar-refractivity contribution < 1.29 is 14.2 Å². The highest BCUT2D eigenvalue weighted by Gasteiger charge is 2.50. The maximum atomic E-state index is 16.7. The number of ether oxygens (including phenoxy) is 1. The number of likely N-dealkylation sites (N-methyl/N-ethyl adjacent to an activating group) is 1. The number of phenols is 1. The second-order valence-electron chi connectivity index (χ2n) is 12.7. The normalized spacial score (nSPS) is 24.9. The number of likely N-dealkylation sites (tertiary alicyclic amines) is 1. The highest BCUT2D eigenvalue weighted by molar-refractivity contribution is 6.35. The molecule has 42 heavy (non-hydrogen) atoms. The maximum absolute atomic E-state index is 16.7. The van der Waals surface area contributed by atoms with Gasteiger partial charge >= 0.3 is 6.01 Å². The van der Waals surface area contributed by atoms with Crippen LogP contribution in [0.15, 0.2) is 54.8 Å². The quantitative estimate of drug-likeness (QED) is 0.268. The van der Waals surface area contributed by atoms with Gasteiger partial charge in [-0.3, -0.25) is 4.90 Å². The van der Waals surface area contributed by atoms with Crippen LogP contribution in [0.1, 0.15) is 32.1 Å². The van der Waals surface area contributed by atoms with E-state index in [2.05, 4.69) is 33.2 Å². The number of nitrogens with one attached hydrogen (secondary N) is 1. The standard InChI is InChI=1S/C33H33ClFN5O2/c1-39-18-33(9-10-33)15-22(39)8-11-42-32-37-30-26(31(38-32)40-16-20-6-7-21(17-40)36-20)14-27(34)28(29(30)35)25-13-23(41)12-19-4-2-3-5-24(19)25/h2-5,8,11-14,20-22,36,41H,6-7,9-10,15-18H2,1H3/b11-8+. The minimum absolute atomic E-state index is 0.0398. The fourth-order valence-corrected chi connectivity index (χ4v) is 7.72. The van der Waals surface area contributed by atoms with Gasteiger partial charge in [0, 0.05) is 48.7 Å². The zero-order valence-corrected chi connectivity index (χ0v) is 24.2. The summed E-state index contributed by atoms with van der Waals surface area (Å²) in [4.78, 5) is 14.0. The van der Waals surface area contributed by atoms with Gasteiger partial charge in [-0.25, -0.2) is 4.39 Å². The molecule has 8 rings (SSSR count). The van der Waals surface area contributed by atoms with E-state index >= 15 is 4.39 Å². The molecule has 0 radical (unpaired) electrons. The minimum Gasteiger partial charge on any atom is -0.508 e. The maximum Gasteiger partial charge on any atom is 0.324 e. The molecule has 2 bridgehead atoms. The van der Waals surface area contributed by atoms with Gasteiger partial charge in [-0.05, 0) is 85.2 Å². The molecule has 3 aromatic carbocycles. The number of fused-ring (bicyclic) bond motifs is 4. The molecule has 216 valence electrons. The van der Waals surface area contributed by atoms with Crippen LogP contribution in [-0.2, 0) is 0 Å². The lowest BCUT2D eigenvalue weighted by Gasteiger charge is -2.34. The lowest BCUT2D eigenvalue weighted by molar-refractivity contribution is 0.340. The number of halogens is 2. The Kier molecular flexibility index (Phi) is 6.11. The van der Waals surface area contributed by atoms with Crippen molar-refractivity contribution in [3.63, 3.8) is 0 Å². The van der Waals surface area contributed by atoms with Crippen LogP contribution in [0.2, 0.25) is 5.02 Å². The number of hydrogen-bond acceptors (Lipinski definition) is 7. The Bertz CT molecular complexity index is 1750. The van der Waals surface area contributed by atoms with Crippen LogP contribution >= 0.6 is 11.6 Å². The molecule has 3 atom stereocenters. The van der Waals surface area contributed by atoms with E-state index < -0.39 is 5.82 Å². The second kappa shape index (κ2) is 9.79. The van der Waals surface area contributed by atoms with Crippen LogP contribution < -0.4 is 15.0 Å². The molecular weight excluding hydrogens is 553 g/mol. The molecule has 1 saturated carbocycles. The predicted octanol–water partition coefficient (Wildman–Crippen LogP) is 6.27. The van der Waals surface area contributed by atoms with Gasteiger partial charge in [0.25, 0.3) is 0 Å². The van der Waals surface area contributed by atoms with Crippen molar-refractivity contribution in [3.8, 4) is 22.9 Å². The van der Waals surface area contributed by atoms with Gasteiger partial charge in [0.05, 0.1) is 11.3 Å². The molecule has 2 N–H and O–H groups in total. The van der Waals surface area contributed by atoms with Crippen LogP contribution in [0.3, 0.4) is 0 Å². The molecule has 3 unspecified atom stereocenters. The van der Waals surface area contributed by atoms with Crippen LogP contribution in [0, 0.1) is 11.2 Å². The molecule has 4 heterocycles. The monoisotopic (exact) mass is 585 g/mol. The average molecular weight is 586 g/mol. The van der Waals surface area contributed by atoms with E-state index in [-0.39, 0.29) is 27.9 Å². The highest BCUT2D eigenvalue weighted by atomic mass is 35.5. The van der Waals surface area contributed by atoms with E-state index in [9.17, 15) is 5.11 Å². The number of aromatic nitrogens is 2. The third kappa shape index (κ3) is 4.48. The summed E-state index contributed by atoms with van der Waals surface area (Å²) < 4.78 is 22.7. The molecule has 3 aliphatic heterocycles. The first-order valence-electron chi connectivity index (χ1n) is 14.8. The summed E-state index contributed by atoms with van der Waals surface area (Å²) in [5.41, 5.74) is 1.34. The van der Waals surface area contributed by atoms with Crippen LogP contribution in [0.25, 0.3) is 32.8 Å². The molecule has 3 saturated heterocycles. The summed E-state index contributed by atoms with van der Waals surface area (Å²) >= 11 is 6.86. The van der Waals surface area contributed by atoms with E-state index in [4.69, 9.17) is 21.3 Å². The Balaban J connectivity index is 1.24. The smallest absolute Gasteiger partial charge is 0.324 e. The van der Waals surface area contributed by atoms with E-state index in [0.29, 0.717) is 40.3 Å². The van der Waals surface area contributed by atoms with Gasteiger partial charge in [-0.2, -0.15) is 9.97 Å². The Morgan fingerprint density at radius 3 is 2.64 bits per heavy atom. The number of aromatic hydroxyl groups is 1. The summed E-state index contributed by atoms with van der Waals surface area (Å²) in [5, 5.41) is 16.5. The van der Waals surface area contributed by atoms with E-state index in [1.54, 1.807) is 24.5 Å². The Morgan fingerprint density at radius 2 is 1.88 bits per heavy atom. The number of rotatable bonds is 5. The molecule has 0 amide bonds. The first-order chi connectivity index (χ1) is 20.4. The van der Waals surface area contributed by atoms with Crippen molar-refractivity contribution >= 4 is 39.1 Å². The zero-order valence-electron chi connectivity index (χ0n) is 23.5. The number of benzene rings is 3. The van der Waals surface area contributed by atoms with Gasteiger partial charge < -0.3 is 20.1 Å². The fourth-order valence-electron chi connectivity index (χ4n) is 7.43. The molecule has 1 aliphatic carbocycles. The van der Waals surface area contributed by atoms with E-state index in [1.165, 1.54) is 12.8 Å². The number of anilines is 1. The SMILES string of the molecule is CN1CC2(CC2)CC1/C=C/Oc1nc(N2CC3CCC(C2)N3)c2cc(Cl)c(-c3cc(O)cc4ccccc34)c(F)c2n1. The van der Waals surface area contributed by atoms with Gasteiger partial charge in [0.15, 0.2) is 5.82 Å².